The molecule has 1 atom stereocenters. The summed E-state index contributed by atoms with van der Waals surface area (Å²) in [5, 5.41) is 10.0. The number of nitrogens with one attached hydrogen (secondary N) is 1. The second-order valence-electron chi connectivity index (χ2n) is 5.91. The van der Waals surface area contributed by atoms with Gasteiger partial charge in [-0.25, -0.2) is 4.39 Å². The summed E-state index contributed by atoms with van der Waals surface area (Å²) >= 11 is 0. The molecule has 122 valence electrons. The fourth-order valence-corrected chi connectivity index (χ4v) is 3.07. The molecule has 1 fully saturated rings. The Bertz CT molecular complexity index is 773. The van der Waals surface area contributed by atoms with Crippen LogP contribution in [-0.4, -0.2) is 53.7 Å². The van der Waals surface area contributed by atoms with Gasteiger partial charge in [0.2, 0.25) is 0 Å². The van der Waals surface area contributed by atoms with Gasteiger partial charge in [0.15, 0.2) is 0 Å². The second kappa shape index (κ2) is 5.66. The lowest BCUT2D eigenvalue weighted by Crippen LogP contribution is -2.40. The molecule has 0 bridgehead atoms. The number of carboxylic acid groups (broad SMARTS) is 1. The number of likely N-dealkylation sites (tertiary alicyclic amines) is 1. The molecular weight excluding hydrogens is 303 g/mol. The van der Waals surface area contributed by atoms with E-state index in [0.29, 0.717) is 29.6 Å². The van der Waals surface area contributed by atoms with Crippen molar-refractivity contribution in [2.75, 3.05) is 26.8 Å². The van der Waals surface area contributed by atoms with Gasteiger partial charge in [-0.15, -0.1) is 0 Å². The Morgan fingerprint density at radius 2 is 2.22 bits per heavy atom. The Balaban J connectivity index is 1.84. The fourth-order valence-electron chi connectivity index (χ4n) is 3.07. The number of amides is 1. The normalized spacial score (nSPS) is 21.0. The molecule has 2 aromatic rings. The van der Waals surface area contributed by atoms with Crippen molar-refractivity contribution in [3.8, 4) is 0 Å². The zero-order chi connectivity index (χ0) is 16.6. The van der Waals surface area contributed by atoms with Crippen molar-refractivity contribution in [2.24, 2.45) is 5.41 Å². The summed E-state index contributed by atoms with van der Waals surface area (Å²) in [4.78, 5) is 28.6. The predicted molar refractivity (Wildman–Crippen MR) is 80.7 cm³/mol. The number of halogens is 1. The molecule has 0 radical (unpaired) electrons. The standard InChI is InChI=1S/C16H17FN2O4/c1-23-9-16(15(21)22)4-5-19(8-16)14(20)13-7-10-6-11(17)2-3-12(10)18-13/h2-3,6-7,18H,4-5,8-9H2,1H3,(H,21,22). The first-order valence-electron chi connectivity index (χ1n) is 7.25. The van der Waals surface area contributed by atoms with E-state index in [1.54, 1.807) is 12.1 Å². The van der Waals surface area contributed by atoms with Crippen LogP contribution in [0.25, 0.3) is 10.9 Å². The molecule has 1 unspecified atom stereocenters. The number of rotatable bonds is 4. The van der Waals surface area contributed by atoms with E-state index in [9.17, 15) is 19.1 Å². The number of carbonyl (C=O) groups excluding carboxylic acids is 1. The van der Waals surface area contributed by atoms with Crippen LogP contribution in [0.2, 0.25) is 0 Å². The number of aromatic nitrogens is 1. The van der Waals surface area contributed by atoms with Gasteiger partial charge in [-0.2, -0.15) is 0 Å². The highest BCUT2D eigenvalue weighted by atomic mass is 19.1. The molecule has 0 aliphatic carbocycles. The Labute approximate surface area is 131 Å². The van der Waals surface area contributed by atoms with Crippen LogP contribution in [0.3, 0.4) is 0 Å². The van der Waals surface area contributed by atoms with Gasteiger partial charge in [0.25, 0.3) is 5.91 Å². The topological polar surface area (TPSA) is 82.6 Å². The highest BCUT2D eigenvalue weighted by Crippen LogP contribution is 2.32. The van der Waals surface area contributed by atoms with Crippen LogP contribution in [0.5, 0.6) is 0 Å². The van der Waals surface area contributed by atoms with Crippen LogP contribution in [0.4, 0.5) is 4.39 Å². The highest BCUT2D eigenvalue weighted by Gasteiger charge is 2.46. The molecule has 1 aliphatic rings. The van der Waals surface area contributed by atoms with E-state index in [4.69, 9.17) is 4.74 Å². The molecule has 23 heavy (non-hydrogen) atoms. The number of benzene rings is 1. The SMILES string of the molecule is COCC1(C(=O)O)CCN(C(=O)c2cc3cc(F)ccc3[nH]2)C1. The first-order chi connectivity index (χ1) is 10.9. The van der Waals surface area contributed by atoms with Crippen LogP contribution >= 0.6 is 0 Å². The molecule has 1 amide bonds. The van der Waals surface area contributed by atoms with Crippen LogP contribution in [0, 0.1) is 11.2 Å². The van der Waals surface area contributed by atoms with E-state index in [1.807, 2.05) is 0 Å². The van der Waals surface area contributed by atoms with Crippen LogP contribution in [0.15, 0.2) is 24.3 Å². The Morgan fingerprint density at radius 1 is 1.43 bits per heavy atom. The van der Waals surface area contributed by atoms with E-state index in [2.05, 4.69) is 4.98 Å². The van der Waals surface area contributed by atoms with Gasteiger partial charge in [0.1, 0.15) is 16.9 Å². The highest BCUT2D eigenvalue weighted by molar-refractivity contribution is 5.98. The average molecular weight is 320 g/mol. The minimum absolute atomic E-state index is 0.0595. The first-order valence-corrected chi connectivity index (χ1v) is 7.25. The van der Waals surface area contributed by atoms with Crippen molar-refractivity contribution in [2.45, 2.75) is 6.42 Å². The van der Waals surface area contributed by atoms with Gasteiger partial charge >= 0.3 is 5.97 Å². The lowest BCUT2D eigenvalue weighted by atomic mass is 9.88. The number of fused-ring (bicyclic) bond motifs is 1. The molecule has 1 aliphatic heterocycles. The molecule has 0 saturated carbocycles. The minimum Gasteiger partial charge on any atom is -0.481 e. The monoisotopic (exact) mass is 320 g/mol. The van der Waals surface area contributed by atoms with E-state index in [1.165, 1.54) is 24.1 Å². The van der Waals surface area contributed by atoms with Crippen molar-refractivity contribution >= 4 is 22.8 Å². The second-order valence-corrected chi connectivity index (χ2v) is 5.91. The van der Waals surface area contributed by atoms with Crippen molar-refractivity contribution in [3.05, 3.63) is 35.8 Å². The molecule has 2 heterocycles. The van der Waals surface area contributed by atoms with E-state index in [-0.39, 0.29) is 24.9 Å². The third kappa shape index (κ3) is 2.68. The van der Waals surface area contributed by atoms with Gasteiger partial charge < -0.3 is 19.7 Å². The maximum Gasteiger partial charge on any atom is 0.313 e. The first kappa shape index (κ1) is 15.5. The largest absolute Gasteiger partial charge is 0.481 e. The summed E-state index contributed by atoms with van der Waals surface area (Å²) in [5.41, 5.74) is -0.0812. The number of carbonyl (C=O) groups is 2. The van der Waals surface area contributed by atoms with Crippen molar-refractivity contribution in [1.29, 1.82) is 0 Å². The Kier molecular flexibility index (Phi) is 3.81. The van der Waals surface area contributed by atoms with E-state index >= 15 is 0 Å². The number of aliphatic carboxylic acids is 1. The summed E-state index contributed by atoms with van der Waals surface area (Å²) in [6.07, 6.45) is 0.344. The predicted octanol–water partition coefficient (Wildman–Crippen LogP) is 1.87. The lowest BCUT2D eigenvalue weighted by Gasteiger charge is -2.23. The third-order valence-corrected chi connectivity index (χ3v) is 4.33. The number of ether oxygens (including phenoxy) is 1. The average Bonchev–Trinajstić information content (AvgIpc) is 3.11. The number of nitrogens with zero attached hydrogens (tertiary/aromatic N) is 1. The molecule has 1 saturated heterocycles. The summed E-state index contributed by atoms with van der Waals surface area (Å²) in [6, 6.07) is 5.81. The number of H-pyrrole nitrogens is 1. The van der Waals surface area contributed by atoms with Gasteiger partial charge in [-0.05, 0) is 30.7 Å². The molecule has 7 heteroatoms. The van der Waals surface area contributed by atoms with Crippen LogP contribution in [-0.2, 0) is 9.53 Å². The molecule has 1 aromatic carbocycles. The number of methoxy groups -OCH3 is 1. The van der Waals surface area contributed by atoms with Crippen molar-refractivity contribution in [3.63, 3.8) is 0 Å². The van der Waals surface area contributed by atoms with Gasteiger partial charge in [-0.3, -0.25) is 9.59 Å². The minimum atomic E-state index is -1.07. The Morgan fingerprint density at radius 3 is 2.91 bits per heavy atom. The number of carboxylic acids is 1. The molecule has 2 N–H and O–H groups in total. The van der Waals surface area contributed by atoms with Crippen molar-refractivity contribution in [1.82, 2.24) is 9.88 Å². The summed E-state index contributed by atoms with van der Waals surface area (Å²) in [5.74, 6) is -1.63. The third-order valence-electron chi connectivity index (χ3n) is 4.33. The molecule has 0 spiro atoms. The molecule has 6 nitrogen and oxygen atoms in total. The van der Waals surface area contributed by atoms with Crippen molar-refractivity contribution < 1.29 is 23.8 Å². The smallest absolute Gasteiger partial charge is 0.313 e. The number of hydrogen-bond acceptors (Lipinski definition) is 3. The zero-order valence-electron chi connectivity index (χ0n) is 12.6. The summed E-state index contributed by atoms with van der Waals surface area (Å²) < 4.78 is 18.3. The van der Waals surface area contributed by atoms with Gasteiger partial charge in [-0.1, -0.05) is 0 Å². The molecular formula is C16H17FN2O4. The maximum atomic E-state index is 13.2. The van der Waals surface area contributed by atoms with E-state index in [0.717, 1.165) is 0 Å². The maximum absolute atomic E-state index is 13.2. The van der Waals surface area contributed by atoms with Crippen LogP contribution < -0.4 is 0 Å². The lowest BCUT2D eigenvalue weighted by molar-refractivity contribution is -0.151. The van der Waals surface area contributed by atoms with Gasteiger partial charge in [0.05, 0.1) is 6.61 Å². The zero-order valence-corrected chi connectivity index (χ0v) is 12.6. The number of aromatic amines is 1. The van der Waals surface area contributed by atoms with E-state index < -0.39 is 11.4 Å². The fraction of sp³-hybridized carbons (Fsp3) is 0.375. The summed E-state index contributed by atoms with van der Waals surface area (Å²) in [6.45, 7) is 0.501. The molecule has 3 rings (SSSR count). The quantitative estimate of drug-likeness (QED) is 0.901. The van der Waals surface area contributed by atoms with Gasteiger partial charge in [0, 0.05) is 31.1 Å². The molecule has 1 aromatic heterocycles. The summed E-state index contributed by atoms with van der Waals surface area (Å²) in [7, 11) is 1.45. The van der Waals surface area contributed by atoms with Crippen LogP contribution in [0.1, 0.15) is 16.9 Å². The number of hydrogen-bond donors (Lipinski definition) is 2. The Hall–Kier alpha value is -2.41.